The van der Waals surface area contributed by atoms with Gasteiger partial charge in [-0.05, 0) is 48.6 Å². The van der Waals surface area contributed by atoms with Gasteiger partial charge in [0.2, 0.25) is 0 Å². The van der Waals surface area contributed by atoms with Gasteiger partial charge in [-0.15, -0.1) is 0 Å². The van der Waals surface area contributed by atoms with Gasteiger partial charge in [0, 0.05) is 0 Å². The van der Waals surface area contributed by atoms with Crippen molar-refractivity contribution in [2.45, 2.75) is 45.4 Å². The van der Waals surface area contributed by atoms with E-state index >= 15 is 0 Å². The second kappa shape index (κ2) is 4.29. The van der Waals surface area contributed by atoms with Crippen molar-refractivity contribution < 1.29 is 0 Å². The summed E-state index contributed by atoms with van der Waals surface area (Å²) in [4.78, 5) is 0. The highest BCUT2D eigenvalue weighted by molar-refractivity contribution is 5.39. The van der Waals surface area contributed by atoms with Gasteiger partial charge in [0.15, 0.2) is 0 Å². The summed E-state index contributed by atoms with van der Waals surface area (Å²) in [6.45, 7) is 4.69. The van der Waals surface area contributed by atoms with Crippen LogP contribution in [-0.2, 0) is 0 Å². The summed E-state index contributed by atoms with van der Waals surface area (Å²) in [5, 5.41) is 9.10. The van der Waals surface area contributed by atoms with Crippen LogP contribution in [0.25, 0.3) is 0 Å². The third kappa shape index (κ3) is 2.27. The first-order chi connectivity index (χ1) is 7.62. The fourth-order valence-corrected chi connectivity index (χ4v) is 2.67. The van der Waals surface area contributed by atoms with Crippen LogP contribution in [-0.4, -0.2) is 0 Å². The molecule has 0 radical (unpaired) electrons. The third-order valence-corrected chi connectivity index (χ3v) is 3.86. The molecular weight excluding hydrogens is 194 g/mol. The van der Waals surface area contributed by atoms with Gasteiger partial charge in [0.25, 0.3) is 0 Å². The predicted octanol–water partition coefficient (Wildman–Crippen LogP) is 4.24. The predicted molar refractivity (Wildman–Crippen MR) is 66.1 cm³/mol. The second-order valence-corrected chi connectivity index (χ2v) is 5.64. The van der Waals surface area contributed by atoms with Crippen molar-refractivity contribution in [3.05, 3.63) is 35.4 Å². The Morgan fingerprint density at radius 1 is 1.19 bits per heavy atom. The number of benzene rings is 1. The van der Waals surface area contributed by atoms with Gasteiger partial charge in [-0.3, -0.25) is 0 Å². The highest BCUT2D eigenvalue weighted by Crippen LogP contribution is 2.42. The van der Waals surface area contributed by atoms with Gasteiger partial charge in [0.05, 0.1) is 11.6 Å². The molecule has 0 saturated heterocycles. The van der Waals surface area contributed by atoms with Crippen LogP contribution in [0.15, 0.2) is 24.3 Å². The Hall–Kier alpha value is -1.29. The van der Waals surface area contributed by atoms with Gasteiger partial charge in [-0.1, -0.05) is 32.0 Å². The molecule has 1 nitrogen and oxygen atoms in total. The molecule has 1 saturated carbocycles. The van der Waals surface area contributed by atoms with E-state index in [0.717, 1.165) is 5.56 Å². The van der Waals surface area contributed by atoms with E-state index < -0.39 is 0 Å². The lowest BCUT2D eigenvalue weighted by molar-refractivity contribution is 0.224. The van der Waals surface area contributed by atoms with Crippen molar-refractivity contribution in [1.82, 2.24) is 0 Å². The maximum Gasteiger partial charge on any atom is 0.0994 e. The normalized spacial score (nSPS) is 20.3. The van der Waals surface area contributed by atoms with Crippen molar-refractivity contribution in [1.29, 1.82) is 5.26 Å². The van der Waals surface area contributed by atoms with Crippen molar-refractivity contribution in [2.24, 2.45) is 5.41 Å². The smallest absolute Gasteiger partial charge is 0.0994 e. The standard InChI is InChI=1S/C15H19N/c1-15(2)9-7-12(8-10-15)14-6-4-3-5-13(14)11-16/h3-6,12H,7-10H2,1-2H3. The average Bonchev–Trinajstić information content (AvgIpc) is 2.29. The van der Waals surface area contributed by atoms with Gasteiger partial charge in [0.1, 0.15) is 0 Å². The SMILES string of the molecule is CC1(C)CCC(c2ccccc2C#N)CC1. The highest BCUT2D eigenvalue weighted by atomic mass is 14.3. The Morgan fingerprint density at radius 2 is 1.81 bits per heavy atom. The van der Waals surface area contributed by atoms with Crippen LogP contribution >= 0.6 is 0 Å². The lowest BCUT2D eigenvalue weighted by Gasteiger charge is -2.34. The fraction of sp³-hybridized carbons (Fsp3) is 0.533. The molecule has 0 spiro atoms. The Morgan fingerprint density at radius 3 is 2.44 bits per heavy atom. The topological polar surface area (TPSA) is 23.8 Å². The summed E-state index contributed by atoms with van der Waals surface area (Å²) in [6.07, 6.45) is 5.01. The molecule has 1 fully saturated rings. The Kier molecular flexibility index (Phi) is 3.01. The summed E-state index contributed by atoms with van der Waals surface area (Å²) >= 11 is 0. The minimum Gasteiger partial charge on any atom is -0.192 e. The number of nitrogens with zero attached hydrogens (tertiary/aromatic N) is 1. The molecule has 0 atom stereocenters. The van der Waals surface area contributed by atoms with E-state index in [0.29, 0.717) is 11.3 Å². The molecule has 1 aromatic rings. The van der Waals surface area contributed by atoms with Crippen LogP contribution in [0.3, 0.4) is 0 Å². The average molecular weight is 213 g/mol. The number of rotatable bonds is 1. The first kappa shape index (κ1) is 11.2. The van der Waals surface area contributed by atoms with Crippen molar-refractivity contribution in [2.75, 3.05) is 0 Å². The zero-order chi connectivity index (χ0) is 11.6. The van der Waals surface area contributed by atoms with E-state index in [2.05, 4.69) is 32.0 Å². The van der Waals surface area contributed by atoms with Gasteiger partial charge in [-0.2, -0.15) is 5.26 Å². The first-order valence-electron chi connectivity index (χ1n) is 6.11. The summed E-state index contributed by atoms with van der Waals surface area (Å²) in [5.74, 6) is 0.601. The molecule has 0 unspecified atom stereocenters. The Bertz CT molecular complexity index is 402. The minimum atomic E-state index is 0.498. The van der Waals surface area contributed by atoms with Gasteiger partial charge in [-0.25, -0.2) is 0 Å². The largest absolute Gasteiger partial charge is 0.192 e. The van der Waals surface area contributed by atoms with Crippen molar-refractivity contribution in [3.8, 4) is 6.07 Å². The molecule has 0 aromatic heterocycles. The van der Waals surface area contributed by atoms with E-state index in [1.807, 2.05) is 12.1 Å². The zero-order valence-corrected chi connectivity index (χ0v) is 10.2. The molecule has 1 aliphatic rings. The zero-order valence-electron chi connectivity index (χ0n) is 10.2. The Balaban J connectivity index is 2.18. The van der Waals surface area contributed by atoms with Crippen LogP contribution in [0.2, 0.25) is 0 Å². The van der Waals surface area contributed by atoms with Gasteiger partial charge >= 0.3 is 0 Å². The van der Waals surface area contributed by atoms with Crippen LogP contribution in [0.5, 0.6) is 0 Å². The maximum absolute atomic E-state index is 9.10. The maximum atomic E-state index is 9.10. The number of hydrogen-bond donors (Lipinski definition) is 0. The molecule has 0 N–H and O–H groups in total. The quantitative estimate of drug-likeness (QED) is 0.684. The van der Waals surface area contributed by atoms with E-state index in [9.17, 15) is 0 Å². The van der Waals surface area contributed by atoms with Crippen LogP contribution < -0.4 is 0 Å². The summed E-state index contributed by atoms with van der Waals surface area (Å²) in [7, 11) is 0. The fourth-order valence-electron chi connectivity index (χ4n) is 2.67. The lowest BCUT2D eigenvalue weighted by Crippen LogP contribution is -2.20. The molecular formula is C15H19N. The molecule has 16 heavy (non-hydrogen) atoms. The monoisotopic (exact) mass is 213 g/mol. The highest BCUT2D eigenvalue weighted by Gasteiger charge is 2.28. The molecule has 0 bridgehead atoms. The summed E-state index contributed by atoms with van der Waals surface area (Å²) < 4.78 is 0. The van der Waals surface area contributed by atoms with E-state index in [1.165, 1.54) is 31.2 Å². The Labute approximate surface area is 98.1 Å². The number of nitriles is 1. The lowest BCUT2D eigenvalue weighted by atomic mass is 9.71. The molecule has 1 heteroatoms. The molecule has 0 amide bonds. The first-order valence-corrected chi connectivity index (χ1v) is 6.11. The van der Waals surface area contributed by atoms with E-state index in [1.54, 1.807) is 0 Å². The van der Waals surface area contributed by atoms with Crippen LogP contribution in [0.1, 0.15) is 56.6 Å². The van der Waals surface area contributed by atoms with Crippen LogP contribution in [0.4, 0.5) is 0 Å². The minimum absolute atomic E-state index is 0.498. The molecule has 1 aliphatic carbocycles. The molecule has 1 aromatic carbocycles. The number of hydrogen-bond acceptors (Lipinski definition) is 1. The van der Waals surface area contributed by atoms with E-state index in [4.69, 9.17) is 5.26 Å². The van der Waals surface area contributed by atoms with Crippen molar-refractivity contribution in [3.63, 3.8) is 0 Å². The molecule has 0 aliphatic heterocycles. The third-order valence-electron chi connectivity index (χ3n) is 3.86. The molecule has 2 rings (SSSR count). The second-order valence-electron chi connectivity index (χ2n) is 5.64. The van der Waals surface area contributed by atoms with Crippen LogP contribution in [0, 0.1) is 16.7 Å². The summed E-state index contributed by atoms with van der Waals surface area (Å²) in [5.41, 5.74) is 2.63. The van der Waals surface area contributed by atoms with Crippen molar-refractivity contribution >= 4 is 0 Å². The van der Waals surface area contributed by atoms with Gasteiger partial charge < -0.3 is 0 Å². The van der Waals surface area contributed by atoms with E-state index in [-0.39, 0.29) is 0 Å². The summed E-state index contributed by atoms with van der Waals surface area (Å²) in [6, 6.07) is 10.4. The molecule has 84 valence electrons. The molecule has 0 heterocycles.